The van der Waals surface area contributed by atoms with Gasteiger partial charge in [-0.15, -0.1) is 0 Å². The van der Waals surface area contributed by atoms with Crippen LogP contribution in [-0.2, 0) is 6.42 Å². The number of nitrogens with zero attached hydrogens (tertiary/aromatic N) is 2. The van der Waals surface area contributed by atoms with Crippen LogP contribution in [0.5, 0.6) is 0 Å². The molecule has 2 atom stereocenters. The summed E-state index contributed by atoms with van der Waals surface area (Å²) >= 11 is 0. The van der Waals surface area contributed by atoms with Crippen LogP contribution in [0.1, 0.15) is 32.3 Å². The minimum absolute atomic E-state index is 0.352. The van der Waals surface area contributed by atoms with Crippen molar-refractivity contribution in [3.8, 4) is 0 Å². The van der Waals surface area contributed by atoms with Gasteiger partial charge in [0.1, 0.15) is 0 Å². The van der Waals surface area contributed by atoms with Gasteiger partial charge in [-0.2, -0.15) is 0 Å². The maximum absolute atomic E-state index is 4.09. The third kappa shape index (κ3) is 2.98. The number of pyridine rings is 1. The van der Waals surface area contributed by atoms with Gasteiger partial charge in [0.05, 0.1) is 0 Å². The Morgan fingerprint density at radius 2 is 2.11 bits per heavy atom. The number of aromatic nitrogens is 1. The van der Waals surface area contributed by atoms with Crippen LogP contribution in [0.25, 0.3) is 0 Å². The number of hydrogen-bond acceptors (Lipinski definition) is 3. The molecule has 1 saturated heterocycles. The van der Waals surface area contributed by atoms with Gasteiger partial charge in [-0.3, -0.25) is 9.88 Å². The summed E-state index contributed by atoms with van der Waals surface area (Å²) in [5, 5.41) is 3.78. The molecule has 104 valence electrons. The molecule has 2 heterocycles. The topological polar surface area (TPSA) is 28.2 Å². The molecule has 0 aromatic carbocycles. The van der Waals surface area contributed by atoms with E-state index in [1.165, 1.54) is 24.9 Å². The lowest BCUT2D eigenvalue weighted by molar-refractivity contribution is 0.0844. The smallest absolute Gasteiger partial charge is 0.0309 e. The van der Waals surface area contributed by atoms with Crippen LogP contribution in [0.15, 0.2) is 24.5 Å². The van der Waals surface area contributed by atoms with E-state index in [0.717, 1.165) is 25.4 Å². The average molecular weight is 259 g/mol. The second-order valence-corrected chi connectivity index (χ2v) is 6.50. The fourth-order valence-electron chi connectivity index (χ4n) is 3.26. The Morgan fingerprint density at radius 1 is 1.37 bits per heavy atom. The van der Waals surface area contributed by atoms with E-state index in [1.807, 2.05) is 12.4 Å². The summed E-state index contributed by atoms with van der Waals surface area (Å²) in [7, 11) is 0. The predicted molar refractivity (Wildman–Crippen MR) is 78.1 cm³/mol. The average Bonchev–Trinajstić information content (AvgIpc) is 3.26. The van der Waals surface area contributed by atoms with Gasteiger partial charge in [0.15, 0.2) is 0 Å². The van der Waals surface area contributed by atoms with Crippen molar-refractivity contribution in [2.24, 2.45) is 5.92 Å². The molecule has 0 radical (unpaired) electrons. The molecule has 1 aromatic heterocycles. The Bertz CT molecular complexity index is 415. The number of nitrogens with one attached hydrogen (secondary N) is 1. The monoisotopic (exact) mass is 259 g/mol. The summed E-state index contributed by atoms with van der Waals surface area (Å²) in [4.78, 5) is 6.75. The van der Waals surface area contributed by atoms with E-state index in [1.54, 1.807) is 0 Å². The molecule has 19 heavy (non-hydrogen) atoms. The zero-order valence-corrected chi connectivity index (χ0v) is 12.1. The van der Waals surface area contributed by atoms with Crippen molar-refractivity contribution in [1.29, 1.82) is 0 Å². The maximum Gasteiger partial charge on any atom is 0.0309 e. The van der Waals surface area contributed by atoms with E-state index >= 15 is 0 Å². The third-order valence-electron chi connectivity index (χ3n) is 4.87. The van der Waals surface area contributed by atoms with E-state index in [9.17, 15) is 0 Å². The highest BCUT2D eigenvalue weighted by Crippen LogP contribution is 2.41. The Morgan fingerprint density at radius 3 is 2.79 bits per heavy atom. The summed E-state index contributed by atoms with van der Waals surface area (Å²) in [6, 6.07) is 4.91. The van der Waals surface area contributed by atoms with Gasteiger partial charge >= 0.3 is 0 Å². The van der Waals surface area contributed by atoms with Crippen LogP contribution in [0.4, 0.5) is 0 Å². The molecule has 1 saturated carbocycles. The predicted octanol–water partition coefficient (Wildman–Crippen LogP) is 2.09. The Labute approximate surface area is 116 Å². The number of rotatable bonds is 4. The lowest BCUT2D eigenvalue weighted by Gasteiger charge is -2.45. The molecule has 0 amide bonds. The quantitative estimate of drug-likeness (QED) is 0.897. The molecule has 3 rings (SSSR count). The molecule has 1 aromatic rings. The first kappa shape index (κ1) is 13.1. The van der Waals surface area contributed by atoms with Crippen molar-refractivity contribution in [3.63, 3.8) is 0 Å². The fourth-order valence-corrected chi connectivity index (χ4v) is 3.26. The minimum Gasteiger partial charge on any atom is -0.308 e. The van der Waals surface area contributed by atoms with Crippen LogP contribution in [-0.4, -0.2) is 41.1 Å². The van der Waals surface area contributed by atoms with Gasteiger partial charge in [-0.1, -0.05) is 0 Å². The summed E-state index contributed by atoms with van der Waals surface area (Å²) in [5.41, 5.74) is 1.75. The summed E-state index contributed by atoms with van der Waals surface area (Å²) < 4.78 is 0. The molecule has 3 heteroatoms. The van der Waals surface area contributed by atoms with Crippen LogP contribution in [0.2, 0.25) is 0 Å². The van der Waals surface area contributed by atoms with Gasteiger partial charge in [-0.25, -0.2) is 0 Å². The van der Waals surface area contributed by atoms with E-state index < -0.39 is 0 Å². The second-order valence-electron chi connectivity index (χ2n) is 6.50. The number of piperazine rings is 1. The van der Waals surface area contributed by atoms with Crippen LogP contribution < -0.4 is 5.32 Å². The first-order valence-electron chi connectivity index (χ1n) is 7.55. The van der Waals surface area contributed by atoms with Crippen molar-refractivity contribution in [1.82, 2.24) is 15.2 Å². The van der Waals surface area contributed by atoms with Crippen LogP contribution in [0, 0.1) is 5.92 Å². The van der Waals surface area contributed by atoms with E-state index in [4.69, 9.17) is 0 Å². The Hall–Kier alpha value is -0.930. The normalized spacial score (nSPS) is 32.4. The maximum atomic E-state index is 4.09. The highest BCUT2D eigenvalue weighted by atomic mass is 15.2. The standard InChI is InChI=1S/C16H25N3/c1-13-11-18-16(2,15-3-4-15)12-19(13)10-7-14-5-8-17-9-6-14/h5-6,8-9,13,15,18H,3-4,7,10-12H2,1-2H3. The summed E-state index contributed by atoms with van der Waals surface area (Å²) in [5.74, 6) is 0.906. The van der Waals surface area contributed by atoms with E-state index in [-0.39, 0.29) is 0 Å². The van der Waals surface area contributed by atoms with Gasteiger partial charge in [0.25, 0.3) is 0 Å². The SMILES string of the molecule is CC1CNC(C)(C2CC2)CN1CCc1ccncc1. The summed E-state index contributed by atoms with van der Waals surface area (Å²) in [6.07, 6.45) is 7.75. The molecule has 3 nitrogen and oxygen atoms in total. The Kier molecular flexibility index (Phi) is 3.59. The highest BCUT2D eigenvalue weighted by molar-refractivity contribution is 5.10. The lowest BCUT2D eigenvalue weighted by Crippen LogP contribution is -2.63. The van der Waals surface area contributed by atoms with Crippen molar-refractivity contribution in [2.75, 3.05) is 19.6 Å². The second kappa shape index (κ2) is 5.22. The van der Waals surface area contributed by atoms with Gasteiger partial charge in [0, 0.05) is 43.6 Å². The van der Waals surface area contributed by atoms with Crippen LogP contribution >= 0.6 is 0 Å². The minimum atomic E-state index is 0.352. The van der Waals surface area contributed by atoms with Gasteiger partial charge in [0.2, 0.25) is 0 Å². The van der Waals surface area contributed by atoms with Crippen molar-refractivity contribution >= 4 is 0 Å². The molecule has 1 aliphatic heterocycles. The van der Waals surface area contributed by atoms with Crippen LogP contribution in [0.3, 0.4) is 0 Å². The zero-order valence-electron chi connectivity index (χ0n) is 12.1. The first-order chi connectivity index (χ1) is 9.17. The van der Waals surface area contributed by atoms with E-state index in [0.29, 0.717) is 11.6 Å². The molecular formula is C16H25N3. The molecular weight excluding hydrogens is 234 g/mol. The first-order valence-corrected chi connectivity index (χ1v) is 7.55. The zero-order chi connectivity index (χ0) is 13.3. The highest BCUT2D eigenvalue weighted by Gasteiger charge is 2.45. The molecule has 1 N–H and O–H groups in total. The molecule has 1 aliphatic carbocycles. The largest absolute Gasteiger partial charge is 0.308 e. The molecule has 2 aliphatic rings. The van der Waals surface area contributed by atoms with Crippen molar-refractivity contribution in [3.05, 3.63) is 30.1 Å². The van der Waals surface area contributed by atoms with Crippen molar-refractivity contribution < 1.29 is 0 Å². The third-order valence-corrected chi connectivity index (χ3v) is 4.87. The fraction of sp³-hybridized carbons (Fsp3) is 0.688. The molecule has 2 unspecified atom stereocenters. The van der Waals surface area contributed by atoms with E-state index in [2.05, 4.69) is 41.2 Å². The van der Waals surface area contributed by atoms with Gasteiger partial charge < -0.3 is 5.32 Å². The van der Waals surface area contributed by atoms with Crippen molar-refractivity contribution in [2.45, 2.75) is 44.7 Å². The number of hydrogen-bond donors (Lipinski definition) is 1. The molecule has 0 bridgehead atoms. The molecule has 2 fully saturated rings. The Balaban J connectivity index is 1.59. The van der Waals surface area contributed by atoms with Gasteiger partial charge in [-0.05, 0) is 56.7 Å². The lowest BCUT2D eigenvalue weighted by atomic mass is 9.91. The summed E-state index contributed by atoms with van der Waals surface area (Å²) in [6.45, 7) is 8.24. The molecule has 0 spiro atoms.